The molecule has 0 rings (SSSR count). The smallest absolute Gasteiger partial charge is 0.285 e. The van der Waals surface area contributed by atoms with Crippen LogP contribution in [0.15, 0.2) is 0 Å². The zero-order valence-electron chi connectivity index (χ0n) is 20.5. The number of nitrogens with two attached hydrogens (primary N) is 1. The molecule has 0 spiro atoms. The van der Waals surface area contributed by atoms with E-state index in [1.54, 1.807) is 0 Å². The van der Waals surface area contributed by atoms with Crippen LogP contribution < -0.4 is 5.73 Å². The van der Waals surface area contributed by atoms with Gasteiger partial charge >= 0.3 is 0 Å². The molecule has 0 aliphatic rings. The van der Waals surface area contributed by atoms with E-state index in [4.69, 9.17) is 19.9 Å². The largest absolute Gasteiger partial charge is 0.328 e. The van der Waals surface area contributed by atoms with Gasteiger partial charge in [0.25, 0.3) is 5.97 Å². The molecular weight excluding hydrogens is 362 g/mol. The molecule has 2 atom stereocenters. The summed E-state index contributed by atoms with van der Waals surface area (Å²) in [5.41, 5.74) is 6.26. The first kappa shape index (κ1) is 28.8. The van der Waals surface area contributed by atoms with Crippen LogP contribution in [0.3, 0.4) is 0 Å². The molecule has 29 heavy (non-hydrogen) atoms. The molecule has 0 aromatic carbocycles. The molecule has 0 aliphatic carbocycles. The Labute approximate surface area is 182 Å². The summed E-state index contributed by atoms with van der Waals surface area (Å²) < 4.78 is 19.3. The van der Waals surface area contributed by atoms with Crippen LogP contribution in [0.25, 0.3) is 0 Å². The number of hydrogen-bond acceptors (Lipinski definition) is 4. The number of rotatable bonds is 22. The molecule has 0 saturated carbocycles. The van der Waals surface area contributed by atoms with Gasteiger partial charge in [0.05, 0.1) is 19.8 Å². The number of ether oxygens (including phenoxy) is 3. The zero-order valence-corrected chi connectivity index (χ0v) is 20.5. The van der Waals surface area contributed by atoms with Gasteiger partial charge in [-0.2, -0.15) is 0 Å². The molecule has 0 bridgehead atoms. The highest BCUT2D eigenvalue weighted by atomic mass is 16.9. The second-order valence-corrected chi connectivity index (χ2v) is 8.68. The molecule has 176 valence electrons. The number of hydrogen-bond donors (Lipinski definition) is 1. The average Bonchev–Trinajstić information content (AvgIpc) is 2.69. The van der Waals surface area contributed by atoms with Crippen LogP contribution in [-0.4, -0.2) is 31.8 Å². The average molecular weight is 416 g/mol. The minimum atomic E-state index is -0.934. The molecular formula is C25H53NO3. The summed E-state index contributed by atoms with van der Waals surface area (Å²) in [5.74, 6) is -0.754. The van der Waals surface area contributed by atoms with Crippen LogP contribution >= 0.6 is 0 Å². The third-order valence-electron chi connectivity index (χ3n) is 5.47. The number of unbranched alkanes of at least 4 members (excludes halogenated alkanes) is 8. The van der Waals surface area contributed by atoms with Gasteiger partial charge in [-0.3, -0.25) is 0 Å². The van der Waals surface area contributed by atoms with E-state index in [9.17, 15) is 0 Å². The SMILES string of the molecule is CCCCCCCCC(CC(C)N)C(OCCCC)(OCCCC)OCCCC. The van der Waals surface area contributed by atoms with Crippen molar-refractivity contribution in [3.05, 3.63) is 0 Å². The van der Waals surface area contributed by atoms with E-state index in [0.29, 0.717) is 19.8 Å². The first-order valence-corrected chi connectivity index (χ1v) is 12.7. The topological polar surface area (TPSA) is 53.7 Å². The summed E-state index contributed by atoms with van der Waals surface area (Å²) in [6, 6.07) is 0.110. The molecule has 0 amide bonds. The summed E-state index contributed by atoms with van der Waals surface area (Å²) in [5, 5.41) is 0. The zero-order chi connectivity index (χ0) is 21.8. The molecule has 2 N–H and O–H groups in total. The van der Waals surface area contributed by atoms with Crippen LogP contribution in [0.1, 0.15) is 125 Å². The van der Waals surface area contributed by atoms with Crippen molar-refractivity contribution in [2.45, 2.75) is 137 Å². The Morgan fingerprint density at radius 2 is 1.03 bits per heavy atom. The lowest BCUT2D eigenvalue weighted by molar-refractivity contribution is -0.407. The highest BCUT2D eigenvalue weighted by Gasteiger charge is 2.42. The fourth-order valence-electron chi connectivity index (χ4n) is 3.61. The van der Waals surface area contributed by atoms with Crippen molar-refractivity contribution in [2.24, 2.45) is 11.7 Å². The fraction of sp³-hybridized carbons (Fsp3) is 1.00. The second kappa shape index (κ2) is 19.8. The molecule has 4 nitrogen and oxygen atoms in total. The third kappa shape index (κ3) is 14.5. The molecule has 0 saturated heterocycles. The molecule has 4 heteroatoms. The van der Waals surface area contributed by atoms with Gasteiger partial charge in [-0.1, -0.05) is 85.5 Å². The molecule has 0 fully saturated rings. The van der Waals surface area contributed by atoms with E-state index in [1.165, 1.54) is 38.5 Å². The lowest BCUT2D eigenvalue weighted by atomic mass is 9.91. The summed E-state index contributed by atoms with van der Waals surface area (Å²) in [6.45, 7) is 13.0. The van der Waals surface area contributed by atoms with E-state index >= 15 is 0 Å². The Bertz CT molecular complexity index is 310. The maximum absolute atomic E-state index is 6.42. The van der Waals surface area contributed by atoms with Crippen molar-refractivity contribution in [2.75, 3.05) is 19.8 Å². The maximum Gasteiger partial charge on any atom is 0.285 e. The lowest BCUT2D eigenvalue weighted by Gasteiger charge is -2.40. The monoisotopic (exact) mass is 415 g/mol. The first-order valence-electron chi connectivity index (χ1n) is 12.7. The van der Waals surface area contributed by atoms with E-state index < -0.39 is 5.97 Å². The van der Waals surface area contributed by atoms with Gasteiger partial charge in [-0.15, -0.1) is 0 Å². The van der Waals surface area contributed by atoms with Gasteiger partial charge in [0.15, 0.2) is 0 Å². The molecule has 0 aliphatic heterocycles. The standard InChI is InChI=1S/C25H53NO3/c1-6-10-14-15-16-17-18-24(22-23(5)26)25(27-19-11-7-2,28-20-12-8-3)29-21-13-9-4/h23-24H,6-22,26H2,1-5H3. The van der Waals surface area contributed by atoms with Gasteiger partial charge in [0.1, 0.15) is 0 Å². The van der Waals surface area contributed by atoms with Crippen molar-refractivity contribution >= 4 is 0 Å². The summed E-state index contributed by atoms with van der Waals surface area (Å²) in [4.78, 5) is 0. The van der Waals surface area contributed by atoms with Gasteiger partial charge in [0, 0.05) is 12.0 Å². The predicted molar refractivity (Wildman–Crippen MR) is 125 cm³/mol. The van der Waals surface area contributed by atoms with E-state index in [0.717, 1.165) is 51.4 Å². The van der Waals surface area contributed by atoms with Crippen LogP contribution in [0.4, 0.5) is 0 Å². The Hall–Kier alpha value is -0.160. The predicted octanol–water partition coefficient (Wildman–Crippen LogP) is 7.19. The summed E-state index contributed by atoms with van der Waals surface area (Å²) >= 11 is 0. The van der Waals surface area contributed by atoms with Crippen molar-refractivity contribution in [1.82, 2.24) is 0 Å². The van der Waals surface area contributed by atoms with E-state index in [-0.39, 0.29) is 12.0 Å². The lowest BCUT2D eigenvalue weighted by Crippen LogP contribution is -2.49. The molecule has 0 aromatic rings. The highest BCUT2D eigenvalue weighted by molar-refractivity contribution is 4.76. The quantitative estimate of drug-likeness (QED) is 0.150. The van der Waals surface area contributed by atoms with Crippen molar-refractivity contribution in [1.29, 1.82) is 0 Å². The Kier molecular flexibility index (Phi) is 19.7. The molecule has 2 unspecified atom stereocenters. The Morgan fingerprint density at radius 3 is 1.45 bits per heavy atom. The van der Waals surface area contributed by atoms with E-state index in [1.807, 2.05) is 0 Å². The summed E-state index contributed by atoms with van der Waals surface area (Å²) in [6.07, 6.45) is 16.1. The normalized spacial score (nSPS) is 14.3. The first-order chi connectivity index (χ1) is 14.1. The van der Waals surface area contributed by atoms with Crippen LogP contribution in [0.5, 0.6) is 0 Å². The van der Waals surface area contributed by atoms with Gasteiger partial charge < -0.3 is 19.9 Å². The molecule has 0 aromatic heterocycles. The maximum atomic E-state index is 6.42. The van der Waals surface area contributed by atoms with Gasteiger partial charge in [-0.05, 0) is 39.0 Å². The molecule has 0 radical (unpaired) electrons. The van der Waals surface area contributed by atoms with E-state index in [2.05, 4.69) is 34.6 Å². The highest BCUT2D eigenvalue weighted by Crippen LogP contribution is 2.34. The van der Waals surface area contributed by atoms with Crippen molar-refractivity contribution in [3.8, 4) is 0 Å². The Morgan fingerprint density at radius 1 is 0.621 bits per heavy atom. The minimum Gasteiger partial charge on any atom is -0.328 e. The van der Waals surface area contributed by atoms with Crippen molar-refractivity contribution < 1.29 is 14.2 Å². The summed E-state index contributed by atoms with van der Waals surface area (Å²) in [7, 11) is 0. The van der Waals surface area contributed by atoms with Crippen LogP contribution in [0, 0.1) is 5.92 Å². The molecule has 0 heterocycles. The van der Waals surface area contributed by atoms with Crippen LogP contribution in [0.2, 0.25) is 0 Å². The van der Waals surface area contributed by atoms with Crippen molar-refractivity contribution in [3.63, 3.8) is 0 Å². The third-order valence-corrected chi connectivity index (χ3v) is 5.47. The van der Waals surface area contributed by atoms with Crippen LogP contribution in [-0.2, 0) is 14.2 Å². The fourth-order valence-corrected chi connectivity index (χ4v) is 3.61. The second-order valence-electron chi connectivity index (χ2n) is 8.68. The van der Waals surface area contributed by atoms with Gasteiger partial charge in [-0.25, -0.2) is 0 Å². The Balaban J connectivity index is 5.24. The minimum absolute atomic E-state index is 0.110. The van der Waals surface area contributed by atoms with Gasteiger partial charge in [0.2, 0.25) is 0 Å².